The Labute approximate surface area is 107 Å². The molecule has 1 fully saturated rings. The predicted molar refractivity (Wildman–Crippen MR) is 67.1 cm³/mol. The Morgan fingerprint density at radius 3 is 2.83 bits per heavy atom. The first-order valence-electron chi connectivity index (χ1n) is 6.48. The lowest BCUT2D eigenvalue weighted by molar-refractivity contribution is -0.0427. The summed E-state index contributed by atoms with van der Waals surface area (Å²) in [5, 5.41) is 3.97. The number of hydrogen-bond acceptors (Lipinski definition) is 6. The minimum Gasteiger partial charge on any atom is -0.374 e. The summed E-state index contributed by atoms with van der Waals surface area (Å²) in [6.07, 6.45) is 0.0891. The van der Waals surface area contributed by atoms with E-state index in [9.17, 15) is 0 Å². The van der Waals surface area contributed by atoms with Crippen molar-refractivity contribution in [3.63, 3.8) is 0 Å². The van der Waals surface area contributed by atoms with E-state index in [-0.39, 0.29) is 12.1 Å². The standard InChI is InChI=1S/C12H22N4O2/c1-8(2)12-14-11(18-15-12)7-16-4-5-17-10(6-16)9(3)13/h8-10H,4-7,13H2,1-3H3. The summed E-state index contributed by atoms with van der Waals surface area (Å²) in [4.78, 5) is 6.63. The molecule has 0 radical (unpaired) electrons. The van der Waals surface area contributed by atoms with Crippen LogP contribution in [0.2, 0.25) is 0 Å². The van der Waals surface area contributed by atoms with Gasteiger partial charge in [-0.2, -0.15) is 4.98 Å². The summed E-state index contributed by atoms with van der Waals surface area (Å²) in [6.45, 7) is 9.14. The number of aromatic nitrogens is 2. The van der Waals surface area contributed by atoms with E-state index < -0.39 is 0 Å². The van der Waals surface area contributed by atoms with Crippen LogP contribution < -0.4 is 5.73 Å². The molecule has 1 aromatic heterocycles. The van der Waals surface area contributed by atoms with E-state index in [1.165, 1.54) is 0 Å². The molecule has 0 saturated carbocycles. The van der Waals surface area contributed by atoms with Crippen LogP contribution in [0.4, 0.5) is 0 Å². The molecule has 0 aromatic carbocycles. The molecule has 2 unspecified atom stereocenters. The zero-order chi connectivity index (χ0) is 13.1. The van der Waals surface area contributed by atoms with Crippen molar-refractivity contribution in [2.45, 2.75) is 45.4 Å². The van der Waals surface area contributed by atoms with Gasteiger partial charge < -0.3 is 15.0 Å². The van der Waals surface area contributed by atoms with Crippen molar-refractivity contribution in [3.8, 4) is 0 Å². The Balaban J connectivity index is 1.92. The lowest BCUT2D eigenvalue weighted by Crippen LogP contribution is -2.49. The van der Waals surface area contributed by atoms with Gasteiger partial charge in [0.15, 0.2) is 5.82 Å². The largest absolute Gasteiger partial charge is 0.374 e. The highest BCUT2D eigenvalue weighted by atomic mass is 16.5. The molecule has 6 heteroatoms. The van der Waals surface area contributed by atoms with Crippen molar-refractivity contribution in [3.05, 3.63) is 11.7 Å². The van der Waals surface area contributed by atoms with E-state index in [2.05, 4.69) is 28.9 Å². The second-order valence-electron chi connectivity index (χ2n) is 5.20. The fourth-order valence-corrected chi connectivity index (χ4v) is 1.95. The third-order valence-electron chi connectivity index (χ3n) is 3.12. The van der Waals surface area contributed by atoms with Gasteiger partial charge in [0.25, 0.3) is 0 Å². The molecule has 2 atom stereocenters. The van der Waals surface area contributed by atoms with Crippen molar-refractivity contribution >= 4 is 0 Å². The predicted octanol–water partition coefficient (Wildman–Crippen LogP) is 0.741. The molecule has 0 bridgehead atoms. The minimum absolute atomic E-state index is 0.0433. The summed E-state index contributed by atoms with van der Waals surface area (Å²) < 4.78 is 10.9. The first-order chi connectivity index (χ1) is 8.56. The number of hydrogen-bond donors (Lipinski definition) is 1. The maximum absolute atomic E-state index is 5.86. The summed E-state index contributed by atoms with van der Waals surface area (Å²) in [7, 11) is 0. The van der Waals surface area contributed by atoms with Gasteiger partial charge in [0.1, 0.15) is 0 Å². The number of rotatable bonds is 4. The van der Waals surface area contributed by atoms with E-state index in [0.29, 0.717) is 25.0 Å². The van der Waals surface area contributed by atoms with E-state index >= 15 is 0 Å². The molecule has 1 aliphatic rings. The first kappa shape index (κ1) is 13.5. The van der Waals surface area contributed by atoms with Gasteiger partial charge in [0, 0.05) is 25.0 Å². The Morgan fingerprint density at radius 2 is 2.22 bits per heavy atom. The van der Waals surface area contributed by atoms with E-state index in [1.807, 2.05) is 6.92 Å². The van der Waals surface area contributed by atoms with E-state index in [0.717, 1.165) is 18.9 Å². The Bertz CT molecular complexity index is 378. The fourth-order valence-electron chi connectivity index (χ4n) is 1.95. The van der Waals surface area contributed by atoms with Crippen molar-refractivity contribution in [1.29, 1.82) is 0 Å². The van der Waals surface area contributed by atoms with Gasteiger partial charge in [-0.05, 0) is 6.92 Å². The summed E-state index contributed by atoms with van der Waals surface area (Å²) in [6, 6.07) is 0.0433. The second-order valence-corrected chi connectivity index (χ2v) is 5.20. The quantitative estimate of drug-likeness (QED) is 0.854. The monoisotopic (exact) mass is 254 g/mol. The molecular formula is C12H22N4O2. The van der Waals surface area contributed by atoms with Crippen LogP contribution >= 0.6 is 0 Å². The third-order valence-corrected chi connectivity index (χ3v) is 3.12. The van der Waals surface area contributed by atoms with Crippen molar-refractivity contribution in [2.75, 3.05) is 19.7 Å². The summed E-state index contributed by atoms with van der Waals surface area (Å²) >= 11 is 0. The maximum atomic E-state index is 5.86. The van der Waals surface area contributed by atoms with Crippen LogP contribution in [0.5, 0.6) is 0 Å². The zero-order valence-electron chi connectivity index (χ0n) is 11.3. The second kappa shape index (κ2) is 5.77. The Kier molecular flexibility index (Phi) is 4.31. The van der Waals surface area contributed by atoms with Crippen LogP contribution in [0, 0.1) is 0 Å². The number of nitrogens with zero attached hydrogens (tertiary/aromatic N) is 3. The molecule has 102 valence electrons. The van der Waals surface area contributed by atoms with Gasteiger partial charge in [-0.1, -0.05) is 19.0 Å². The molecule has 0 amide bonds. The molecular weight excluding hydrogens is 232 g/mol. The molecule has 0 spiro atoms. The lowest BCUT2D eigenvalue weighted by Gasteiger charge is -2.33. The highest BCUT2D eigenvalue weighted by molar-refractivity contribution is 4.92. The SMILES string of the molecule is CC(C)c1noc(CN2CCOC(C(C)N)C2)n1. The molecule has 1 aromatic rings. The van der Waals surface area contributed by atoms with Crippen LogP contribution in [0.25, 0.3) is 0 Å². The fraction of sp³-hybridized carbons (Fsp3) is 0.833. The van der Waals surface area contributed by atoms with Gasteiger partial charge in [-0.25, -0.2) is 0 Å². The molecule has 2 heterocycles. The van der Waals surface area contributed by atoms with Gasteiger partial charge in [0.2, 0.25) is 5.89 Å². The summed E-state index contributed by atoms with van der Waals surface area (Å²) in [5.74, 6) is 1.73. The van der Waals surface area contributed by atoms with Gasteiger partial charge >= 0.3 is 0 Å². The van der Waals surface area contributed by atoms with Gasteiger partial charge in [0.05, 0.1) is 19.3 Å². The average molecular weight is 254 g/mol. The molecule has 6 nitrogen and oxygen atoms in total. The normalized spacial score (nSPS) is 23.5. The molecule has 2 N–H and O–H groups in total. The smallest absolute Gasteiger partial charge is 0.240 e. The molecule has 0 aliphatic carbocycles. The van der Waals surface area contributed by atoms with Crippen molar-refractivity contribution in [1.82, 2.24) is 15.0 Å². The van der Waals surface area contributed by atoms with E-state index in [1.54, 1.807) is 0 Å². The molecule has 1 saturated heterocycles. The molecule has 1 aliphatic heterocycles. The third kappa shape index (κ3) is 3.28. The van der Waals surface area contributed by atoms with E-state index in [4.69, 9.17) is 15.0 Å². The van der Waals surface area contributed by atoms with Crippen molar-refractivity contribution < 1.29 is 9.26 Å². The lowest BCUT2D eigenvalue weighted by atomic mass is 10.1. The van der Waals surface area contributed by atoms with Crippen LogP contribution in [-0.2, 0) is 11.3 Å². The topological polar surface area (TPSA) is 77.4 Å². The first-order valence-corrected chi connectivity index (χ1v) is 6.48. The summed E-state index contributed by atoms with van der Waals surface area (Å²) in [5.41, 5.74) is 5.86. The van der Waals surface area contributed by atoms with Gasteiger partial charge in [-0.3, -0.25) is 4.90 Å². The highest BCUT2D eigenvalue weighted by Crippen LogP contribution is 2.13. The number of nitrogens with two attached hydrogens (primary N) is 1. The van der Waals surface area contributed by atoms with Crippen LogP contribution in [0.3, 0.4) is 0 Å². The zero-order valence-corrected chi connectivity index (χ0v) is 11.3. The highest BCUT2D eigenvalue weighted by Gasteiger charge is 2.24. The Hall–Kier alpha value is -0.980. The number of ether oxygens (including phenoxy) is 1. The van der Waals surface area contributed by atoms with Gasteiger partial charge in [-0.15, -0.1) is 0 Å². The molecule has 18 heavy (non-hydrogen) atoms. The number of morpholine rings is 1. The minimum atomic E-state index is 0.0433. The van der Waals surface area contributed by atoms with Crippen LogP contribution in [0.1, 0.15) is 38.4 Å². The van der Waals surface area contributed by atoms with Crippen molar-refractivity contribution in [2.24, 2.45) is 5.73 Å². The molecule has 2 rings (SSSR count). The average Bonchev–Trinajstić information content (AvgIpc) is 2.78. The van der Waals surface area contributed by atoms with Crippen LogP contribution in [-0.4, -0.2) is 46.9 Å². The maximum Gasteiger partial charge on any atom is 0.240 e. The Morgan fingerprint density at radius 1 is 1.44 bits per heavy atom. The van der Waals surface area contributed by atoms with Crippen LogP contribution in [0.15, 0.2) is 4.52 Å².